The maximum atomic E-state index is 11.8. The van der Waals surface area contributed by atoms with Crippen LogP contribution in [0.3, 0.4) is 0 Å². The van der Waals surface area contributed by atoms with Crippen molar-refractivity contribution in [3.63, 3.8) is 0 Å². The van der Waals surface area contributed by atoms with E-state index < -0.39 is 0 Å². The molecule has 4 nitrogen and oxygen atoms in total. The number of carbonyl (C=O) groups is 1. The van der Waals surface area contributed by atoms with Gasteiger partial charge < -0.3 is 5.32 Å². The fraction of sp³-hybridized carbons (Fsp3) is 0.182. The largest absolute Gasteiger partial charge is 0.364 e. The number of hydrogen-bond donors (Lipinski definition) is 2. The van der Waals surface area contributed by atoms with E-state index in [4.69, 9.17) is 12.2 Å². The Morgan fingerprint density at radius 1 is 1.31 bits per heavy atom. The number of ketones is 1. The summed E-state index contributed by atoms with van der Waals surface area (Å²) in [6.45, 7) is 1.64. The summed E-state index contributed by atoms with van der Waals surface area (Å²) in [5.41, 5.74) is 3.55. The van der Waals surface area contributed by atoms with Gasteiger partial charge in [0, 0.05) is 12.6 Å². The summed E-state index contributed by atoms with van der Waals surface area (Å²) < 4.78 is 0. The Morgan fingerprint density at radius 3 is 2.50 bits per heavy atom. The molecule has 0 atom stereocenters. The van der Waals surface area contributed by atoms with Gasteiger partial charge >= 0.3 is 0 Å². The topological polar surface area (TPSA) is 53.5 Å². The zero-order valence-corrected chi connectivity index (χ0v) is 9.97. The van der Waals surface area contributed by atoms with Crippen molar-refractivity contribution >= 4 is 28.8 Å². The second-order valence-corrected chi connectivity index (χ2v) is 3.49. The number of nitrogens with one attached hydrogen (secondary N) is 2. The highest BCUT2D eigenvalue weighted by Gasteiger charge is 2.08. The van der Waals surface area contributed by atoms with E-state index in [1.54, 1.807) is 26.1 Å². The molecule has 16 heavy (non-hydrogen) atoms. The Bertz CT molecular complexity index is 414. The highest BCUT2D eigenvalue weighted by atomic mass is 32.1. The molecule has 0 heterocycles. The van der Waals surface area contributed by atoms with Crippen molar-refractivity contribution in [1.82, 2.24) is 10.7 Å². The molecule has 0 unspecified atom stereocenters. The number of nitrogens with zero attached hydrogens (tertiary/aromatic N) is 1. The van der Waals surface area contributed by atoms with Crippen LogP contribution in [0.15, 0.2) is 35.4 Å². The molecule has 0 aliphatic rings. The molecule has 0 aromatic heterocycles. The molecule has 0 bridgehead atoms. The van der Waals surface area contributed by atoms with Crippen LogP contribution in [-0.2, 0) is 0 Å². The first-order valence-electron chi connectivity index (χ1n) is 4.77. The number of rotatable bonds is 3. The third-order valence-electron chi connectivity index (χ3n) is 1.92. The Kier molecular flexibility index (Phi) is 4.60. The molecule has 0 radical (unpaired) electrons. The first kappa shape index (κ1) is 12.3. The molecule has 1 aromatic carbocycles. The summed E-state index contributed by atoms with van der Waals surface area (Å²) >= 11 is 4.84. The Labute approximate surface area is 99.7 Å². The van der Waals surface area contributed by atoms with Crippen LogP contribution >= 0.6 is 12.2 Å². The lowest BCUT2D eigenvalue weighted by atomic mass is 10.1. The van der Waals surface area contributed by atoms with E-state index in [-0.39, 0.29) is 5.78 Å². The van der Waals surface area contributed by atoms with Gasteiger partial charge in [-0.25, -0.2) is 0 Å². The van der Waals surface area contributed by atoms with Gasteiger partial charge in [-0.2, -0.15) is 5.10 Å². The van der Waals surface area contributed by atoms with Gasteiger partial charge in [0.05, 0.1) is 0 Å². The number of hydrazone groups is 1. The predicted molar refractivity (Wildman–Crippen MR) is 68.7 cm³/mol. The molecule has 0 saturated heterocycles. The molecule has 5 heteroatoms. The summed E-state index contributed by atoms with van der Waals surface area (Å²) in [6.07, 6.45) is 0. The minimum Gasteiger partial charge on any atom is -0.364 e. The Morgan fingerprint density at radius 2 is 1.94 bits per heavy atom. The minimum atomic E-state index is -0.119. The van der Waals surface area contributed by atoms with Crippen molar-refractivity contribution in [2.24, 2.45) is 5.10 Å². The van der Waals surface area contributed by atoms with Crippen LogP contribution in [0.2, 0.25) is 0 Å². The second-order valence-electron chi connectivity index (χ2n) is 3.08. The summed E-state index contributed by atoms with van der Waals surface area (Å²) in [6, 6.07) is 8.98. The molecule has 0 aliphatic heterocycles. The fourth-order valence-electron chi connectivity index (χ4n) is 1.04. The van der Waals surface area contributed by atoms with Crippen LogP contribution in [0.25, 0.3) is 0 Å². The molecular formula is C11H13N3OS. The lowest BCUT2D eigenvalue weighted by Crippen LogP contribution is -2.30. The number of hydrogen-bond acceptors (Lipinski definition) is 3. The third-order valence-corrected chi connectivity index (χ3v) is 2.21. The lowest BCUT2D eigenvalue weighted by Gasteiger charge is -2.03. The third kappa shape index (κ3) is 3.43. The Hall–Kier alpha value is -1.75. The van der Waals surface area contributed by atoms with Crippen molar-refractivity contribution < 1.29 is 4.79 Å². The molecule has 0 aliphatic carbocycles. The molecule has 2 N–H and O–H groups in total. The number of benzene rings is 1. The standard InChI is InChI=1S/C11H13N3OS/c1-8(13-14-11(16)12-2)10(15)9-6-4-3-5-7-9/h3-7H,1-2H3,(H2,12,14,16)/b13-8-. The van der Waals surface area contributed by atoms with Gasteiger partial charge in [-0.3, -0.25) is 10.2 Å². The number of carbonyl (C=O) groups excluding carboxylic acids is 1. The zero-order valence-electron chi connectivity index (χ0n) is 9.15. The second kappa shape index (κ2) is 5.97. The van der Waals surface area contributed by atoms with E-state index in [1.807, 2.05) is 18.2 Å². The normalized spacial score (nSPS) is 10.8. The molecular weight excluding hydrogens is 222 g/mol. The molecule has 0 saturated carbocycles. The smallest absolute Gasteiger partial charge is 0.208 e. The minimum absolute atomic E-state index is 0.119. The van der Waals surface area contributed by atoms with Crippen LogP contribution < -0.4 is 10.7 Å². The number of thiocarbonyl (C=S) groups is 1. The highest BCUT2D eigenvalue weighted by Crippen LogP contribution is 2.00. The monoisotopic (exact) mass is 235 g/mol. The highest BCUT2D eigenvalue weighted by molar-refractivity contribution is 7.80. The predicted octanol–water partition coefficient (Wildman–Crippen LogP) is 1.34. The van der Waals surface area contributed by atoms with Gasteiger partial charge in [-0.05, 0) is 19.1 Å². The van der Waals surface area contributed by atoms with Crippen LogP contribution in [0, 0.1) is 0 Å². The van der Waals surface area contributed by atoms with Crippen molar-refractivity contribution in [3.8, 4) is 0 Å². The SMILES string of the molecule is CNC(=S)N/N=C(/C)C(=O)c1ccccc1. The quantitative estimate of drug-likeness (QED) is 0.359. The van der Waals surface area contributed by atoms with Gasteiger partial charge in [0.2, 0.25) is 5.78 Å². The van der Waals surface area contributed by atoms with Gasteiger partial charge in [-0.1, -0.05) is 30.3 Å². The molecule has 0 fully saturated rings. The van der Waals surface area contributed by atoms with E-state index in [0.717, 1.165) is 0 Å². The van der Waals surface area contributed by atoms with Crippen LogP contribution in [0.5, 0.6) is 0 Å². The van der Waals surface area contributed by atoms with E-state index in [9.17, 15) is 4.79 Å². The lowest BCUT2D eigenvalue weighted by molar-refractivity contribution is 0.106. The van der Waals surface area contributed by atoms with Crippen molar-refractivity contribution in [2.45, 2.75) is 6.92 Å². The maximum absolute atomic E-state index is 11.8. The first-order valence-corrected chi connectivity index (χ1v) is 5.17. The van der Waals surface area contributed by atoms with Gasteiger partial charge in [0.1, 0.15) is 5.71 Å². The van der Waals surface area contributed by atoms with E-state index >= 15 is 0 Å². The fourth-order valence-corrected chi connectivity index (χ4v) is 1.09. The molecule has 1 rings (SSSR count). The average molecular weight is 235 g/mol. The van der Waals surface area contributed by atoms with Crippen LogP contribution in [0.1, 0.15) is 17.3 Å². The summed E-state index contributed by atoms with van der Waals surface area (Å²) in [5, 5.41) is 6.96. The van der Waals surface area contributed by atoms with Crippen LogP contribution in [0.4, 0.5) is 0 Å². The van der Waals surface area contributed by atoms with E-state index in [1.165, 1.54) is 0 Å². The van der Waals surface area contributed by atoms with Gasteiger partial charge in [0.15, 0.2) is 5.11 Å². The molecule has 1 aromatic rings. The summed E-state index contributed by atoms with van der Waals surface area (Å²) in [7, 11) is 1.68. The average Bonchev–Trinajstić information content (AvgIpc) is 2.35. The first-order chi connectivity index (χ1) is 7.65. The summed E-state index contributed by atoms with van der Waals surface area (Å²) in [4.78, 5) is 11.8. The molecule has 0 spiro atoms. The number of Topliss-reactive ketones (excluding diaryl/α,β-unsaturated/α-hetero) is 1. The summed E-state index contributed by atoms with van der Waals surface area (Å²) in [5.74, 6) is -0.119. The van der Waals surface area contributed by atoms with Crippen molar-refractivity contribution in [2.75, 3.05) is 7.05 Å². The molecule has 84 valence electrons. The van der Waals surface area contributed by atoms with Gasteiger partial charge in [-0.15, -0.1) is 0 Å². The van der Waals surface area contributed by atoms with Crippen molar-refractivity contribution in [1.29, 1.82) is 0 Å². The molecule has 0 amide bonds. The van der Waals surface area contributed by atoms with Crippen LogP contribution in [-0.4, -0.2) is 23.7 Å². The maximum Gasteiger partial charge on any atom is 0.208 e. The van der Waals surface area contributed by atoms with Gasteiger partial charge in [0.25, 0.3) is 0 Å². The zero-order chi connectivity index (χ0) is 12.0. The Balaban J connectivity index is 2.71. The van der Waals surface area contributed by atoms with E-state index in [2.05, 4.69) is 15.8 Å². The van der Waals surface area contributed by atoms with E-state index in [0.29, 0.717) is 16.4 Å². The van der Waals surface area contributed by atoms with Crippen molar-refractivity contribution in [3.05, 3.63) is 35.9 Å².